The van der Waals surface area contributed by atoms with Crippen LogP contribution in [0.2, 0.25) is 0 Å². The molecule has 5 rings (SSSR count). The standard InChI is InChI=1S/C23H24N6O2/c1-31-14-18-19(17-10-6-3-7-11-17)21-26-25-20-22(29(21)27-18)24-15-28(23(20)30)13-12-16-8-4-2-5-9-16/h3,6-8,10-11,15H,2,4-5,9,12-14H2,1H3. The van der Waals surface area contributed by atoms with E-state index in [1.807, 2.05) is 30.3 Å². The Bertz CT molecular complexity index is 1320. The number of allylic oxidation sites excluding steroid dienone is 2. The van der Waals surface area contributed by atoms with E-state index >= 15 is 0 Å². The molecule has 31 heavy (non-hydrogen) atoms. The van der Waals surface area contributed by atoms with E-state index in [-0.39, 0.29) is 11.1 Å². The maximum atomic E-state index is 13.1. The zero-order chi connectivity index (χ0) is 21.2. The third-order valence-corrected chi connectivity index (χ3v) is 5.78. The van der Waals surface area contributed by atoms with Gasteiger partial charge in [0.15, 0.2) is 16.8 Å². The SMILES string of the molecule is COCc1nn2c(nnc3c(=O)n(CCC4=CCCCC4)cnc32)c1-c1ccccc1. The second kappa shape index (κ2) is 8.39. The van der Waals surface area contributed by atoms with Crippen LogP contribution in [0.3, 0.4) is 0 Å². The third kappa shape index (κ3) is 3.63. The van der Waals surface area contributed by atoms with Crippen molar-refractivity contribution in [3.63, 3.8) is 0 Å². The van der Waals surface area contributed by atoms with Crippen LogP contribution in [0.15, 0.2) is 53.1 Å². The van der Waals surface area contributed by atoms with Crippen LogP contribution in [0.1, 0.15) is 37.8 Å². The Balaban J connectivity index is 1.59. The number of aryl methyl sites for hydroxylation is 1. The highest BCUT2D eigenvalue weighted by Crippen LogP contribution is 2.28. The molecule has 3 heterocycles. The summed E-state index contributed by atoms with van der Waals surface area (Å²) < 4.78 is 8.58. The first-order valence-electron chi connectivity index (χ1n) is 10.6. The molecule has 0 fully saturated rings. The van der Waals surface area contributed by atoms with Crippen molar-refractivity contribution in [2.75, 3.05) is 7.11 Å². The van der Waals surface area contributed by atoms with Gasteiger partial charge in [0.25, 0.3) is 5.56 Å². The molecule has 1 aliphatic carbocycles. The number of hydrogen-bond acceptors (Lipinski definition) is 6. The number of nitrogens with zero attached hydrogens (tertiary/aromatic N) is 6. The molecule has 0 N–H and O–H groups in total. The topological polar surface area (TPSA) is 87.2 Å². The molecule has 0 radical (unpaired) electrons. The minimum Gasteiger partial charge on any atom is -0.378 e. The lowest BCUT2D eigenvalue weighted by atomic mass is 9.97. The largest absolute Gasteiger partial charge is 0.378 e. The van der Waals surface area contributed by atoms with E-state index in [1.165, 1.54) is 18.4 Å². The smallest absolute Gasteiger partial charge is 0.283 e. The Labute approximate surface area is 179 Å². The van der Waals surface area contributed by atoms with E-state index in [0.29, 0.717) is 24.4 Å². The Kier molecular flexibility index (Phi) is 5.30. The lowest BCUT2D eigenvalue weighted by molar-refractivity contribution is 0.181. The van der Waals surface area contributed by atoms with Crippen molar-refractivity contribution in [1.29, 1.82) is 0 Å². The van der Waals surface area contributed by atoms with E-state index in [1.54, 1.807) is 22.5 Å². The van der Waals surface area contributed by atoms with Gasteiger partial charge in [0.05, 0.1) is 17.9 Å². The first kappa shape index (κ1) is 19.6. The number of fused-ring (bicyclic) bond motifs is 3. The first-order chi connectivity index (χ1) is 15.3. The summed E-state index contributed by atoms with van der Waals surface area (Å²) in [5.74, 6) is 0. The molecule has 0 saturated carbocycles. The van der Waals surface area contributed by atoms with E-state index in [0.717, 1.165) is 36.1 Å². The van der Waals surface area contributed by atoms with Gasteiger partial charge in [-0.3, -0.25) is 9.36 Å². The van der Waals surface area contributed by atoms with Gasteiger partial charge in [-0.1, -0.05) is 42.0 Å². The minimum atomic E-state index is -0.194. The molecule has 0 amide bonds. The lowest BCUT2D eigenvalue weighted by Gasteiger charge is -2.13. The van der Waals surface area contributed by atoms with Crippen LogP contribution in [0.5, 0.6) is 0 Å². The highest BCUT2D eigenvalue weighted by molar-refractivity contribution is 5.83. The van der Waals surface area contributed by atoms with E-state index in [4.69, 9.17) is 4.74 Å². The number of aromatic nitrogens is 6. The summed E-state index contributed by atoms with van der Waals surface area (Å²) in [5.41, 5.74) is 4.94. The number of hydrogen-bond donors (Lipinski definition) is 0. The van der Waals surface area contributed by atoms with Crippen molar-refractivity contribution in [3.05, 3.63) is 64.4 Å². The molecule has 1 aliphatic rings. The average molecular weight is 416 g/mol. The summed E-state index contributed by atoms with van der Waals surface area (Å²) in [6, 6.07) is 9.87. The minimum absolute atomic E-state index is 0.194. The van der Waals surface area contributed by atoms with Gasteiger partial charge in [0.1, 0.15) is 6.33 Å². The van der Waals surface area contributed by atoms with Crippen LogP contribution in [-0.2, 0) is 17.9 Å². The molecule has 0 saturated heterocycles. The molecule has 0 aliphatic heterocycles. The maximum absolute atomic E-state index is 13.1. The van der Waals surface area contributed by atoms with Gasteiger partial charge in [0.2, 0.25) is 0 Å². The molecule has 4 aromatic rings. The number of methoxy groups -OCH3 is 1. The van der Waals surface area contributed by atoms with Crippen LogP contribution in [-0.4, -0.2) is 36.5 Å². The molecule has 1 aromatic carbocycles. The quantitative estimate of drug-likeness (QED) is 0.447. The summed E-state index contributed by atoms with van der Waals surface area (Å²) in [7, 11) is 1.63. The summed E-state index contributed by atoms with van der Waals surface area (Å²) >= 11 is 0. The summed E-state index contributed by atoms with van der Waals surface area (Å²) in [4.78, 5) is 17.6. The molecule has 3 aromatic heterocycles. The third-order valence-electron chi connectivity index (χ3n) is 5.78. The molecule has 0 unspecified atom stereocenters. The van der Waals surface area contributed by atoms with Gasteiger partial charge < -0.3 is 4.74 Å². The van der Waals surface area contributed by atoms with Crippen molar-refractivity contribution in [1.82, 2.24) is 29.4 Å². The van der Waals surface area contributed by atoms with E-state index < -0.39 is 0 Å². The van der Waals surface area contributed by atoms with Crippen molar-refractivity contribution in [2.45, 2.75) is 45.3 Å². The van der Waals surface area contributed by atoms with Crippen LogP contribution in [0, 0.1) is 0 Å². The van der Waals surface area contributed by atoms with Gasteiger partial charge in [-0.25, -0.2) is 4.98 Å². The van der Waals surface area contributed by atoms with Crippen LogP contribution < -0.4 is 5.56 Å². The number of ether oxygens (including phenoxy) is 1. The number of rotatable bonds is 6. The molecule has 8 heteroatoms. The zero-order valence-electron chi connectivity index (χ0n) is 17.5. The van der Waals surface area contributed by atoms with E-state index in [9.17, 15) is 4.79 Å². The van der Waals surface area contributed by atoms with Gasteiger partial charge in [0, 0.05) is 13.7 Å². The van der Waals surface area contributed by atoms with Crippen molar-refractivity contribution >= 4 is 16.8 Å². The van der Waals surface area contributed by atoms with Gasteiger partial charge >= 0.3 is 0 Å². The molecular weight excluding hydrogens is 392 g/mol. The fourth-order valence-electron chi connectivity index (χ4n) is 4.20. The van der Waals surface area contributed by atoms with Crippen molar-refractivity contribution in [3.8, 4) is 11.1 Å². The summed E-state index contributed by atoms with van der Waals surface area (Å²) in [6.07, 6.45) is 9.50. The fourth-order valence-corrected chi connectivity index (χ4v) is 4.20. The second-order valence-electron chi connectivity index (χ2n) is 7.83. The van der Waals surface area contributed by atoms with Crippen molar-refractivity contribution < 1.29 is 4.74 Å². The monoisotopic (exact) mass is 416 g/mol. The van der Waals surface area contributed by atoms with E-state index in [2.05, 4.69) is 26.4 Å². The predicted octanol–water partition coefficient (Wildman–Crippen LogP) is 3.54. The van der Waals surface area contributed by atoms with Crippen LogP contribution in [0.25, 0.3) is 27.9 Å². The molecule has 0 bridgehead atoms. The average Bonchev–Trinajstić information content (AvgIpc) is 3.18. The van der Waals surface area contributed by atoms with Crippen LogP contribution >= 0.6 is 0 Å². The molecular formula is C23H24N6O2. The summed E-state index contributed by atoms with van der Waals surface area (Å²) in [6.45, 7) is 0.915. The molecule has 8 nitrogen and oxygen atoms in total. The van der Waals surface area contributed by atoms with Crippen molar-refractivity contribution in [2.24, 2.45) is 0 Å². The number of benzene rings is 1. The highest BCUT2D eigenvalue weighted by Gasteiger charge is 2.20. The zero-order valence-corrected chi connectivity index (χ0v) is 17.5. The predicted molar refractivity (Wildman–Crippen MR) is 118 cm³/mol. The first-order valence-corrected chi connectivity index (χ1v) is 10.6. The Morgan fingerprint density at radius 1 is 1.10 bits per heavy atom. The molecule has 0 spiro atoms. The highest BCUT2D eigenvalue weighted by atomic mass is 16.5. The Morgan fingerprint density at radius 2 is 1.97 bits per heavy atom. The van der Waals surface area contributed by atoms with Gasteiger partial charge in [-0.15, -0.1) is 10.2 Å². The molecule has 158 valence electrons. The lowest BCUT2D eigenvalue weighted by Crippen LogP contribution is -2.23. The Hall–Kier alpha value is -3.39. The maximum Gasteiger partial charge on any atom is 0.283 e. The normalized spacial score (nSPS) is 14.3. The van der Waals surface area contributed by atoms with Gasteiger partial charge in [-0.2, -0.15) is 9.61 Å². The van der Waals surface area contributed by atoms with Crippen LogP contribution in [0.4, 0.5) is 0 Å². The Morgan fingerprint density at radius 3 is 2.74 bits per heavy atom. The fraction of sp³-hybridized carbons (Fsp3) is 0.348. The summed E-state index contributed by atoms with van der Waals surface area (Å²) in [5, 5.41) is 13.3. The van der Waals surface area contributed by atoms with Gasteiger partial charge in [-0.05, 0) is 37.7 Å². The second-order valence-corrected chi connectivity index (χ2v) is 7.83. The molecule has 0 atom stereocenters.